The largest absolute Gasteiger partial charge is 0.493 e. The second-order valence-electron chi connectivity index (χ2n) is 7.51. The minimum Gasteiger partial charge on any atom is -0.493 e. The molecule has 0 atom stereocenters. The van der Waals surface area contributed by atoms with E-state index in [1.165, 1.54) is 17.5 Å². The third-order valence-corrected chi connectivity index (χ3v) is 7.12. The van der Waals surface area contributed by atoms with Crippen molar-refractivity contribution in [3.05, 3.63) is 48.0 Å². The van der Waals surface area contributed by atoms with Gasteiger partial charge in [0.05, 0.1) is 18.6 Å². The fourth-order valence-electron chi connectivity index (χ4n) is 3.45. The predicted octanol–water partition coefficient (Wildman–Crippen LogP) is 4.30. The summed E-state index contributed by atoms with van der Waals surface area (Å²) in [5.41, 5.74) is 0.814. The van der Waals surface area contributed by atoms with E-state index in [4.69, 9.17) is 9.47 Å². The lowest BCUT2D eigenvalue weighted by Gasteiger charge is -2.26. The van der Waals surface area contributed by atoms with Gasteiger partial charge in [-0.1, -0.05) is 25.8 Å². The van der Waals surface area contributed by atoms with Crippen molar-refractivity contribution in [3.8, 4) is 11.5 Å². The zero-order chi connectivity index (χ0) is 22.3. The highest BCUT2D eigenvalue weighted by molar-refractivity contribution is 7.89. The molecule has 31 heavy (non-hydrogen) atoms. The number of anilines is 1. The Bertz CT molecular complexity index is 1000. The average molecular weight is 447 g/mol. The van der Waals surface area contributed by atoms with Gasteiger partial charge in [0.2, 0.25) is 10.0 Å². The summed E-state index contributed by atoms with van der Waals surface area (Å²) >= 11 is 0. The number of rotatable bonds is 9. The average Bonchev–Trinajstić information content (AvgIpc) is 2.80. The third-order valence-electron chi connectivity index (χ3n) is 5.23. The fourth-order valence-corrected chi connectivity index (χ4v) is 5.01. The molecule has 0 aliphatic carbocycles. The lowest BCUT2D eigenvalue weighted by Crippen LogP contribution is -2.35. The topological polar surface area (TPSA) is 84.9 Å². The monoisotopic (exact) mass is 446 g/mol. The molecule has 0 radical (unpaired) electrons. The van der Waals surface area contributed by atoms with Gasteiger partial charge < -0.3 is 14.8 Å². The van der Waals surface area contributed by atoms with Crippen LogP contribution >= 0.6 is 0 Å². The minimum atomic E-state index is -3.57. The zero-order valence-corrected chi connectivity index (χ0v) is 18.9. The van der Waals surface area contributed by atoms with E-state index in [2.05, 4.69) is 12.2 Å². The molecule has 3 rings (SSSR count). The van der Waals surface area contributed by atoms with E-state index in [0.29, 0.717) is 42.4 Å². The molecule has 1 fully saturated rings. The number of hydrogen-bond donors (Lipinski definition) is 1. The Morgan fingerprint density at radius 1 is 1.06 bits per heavy atom. The molecule has 7 nitrogen and oxygen atoms in total. The number of carbonyl (C=O) groups is 1. The van der Waals surface area contributed by atoms with Crippen LogP contribution in [0.15, 0.2) is 47.4 Å². The number of methoxy groups -OCH3 is 1. The molecule has 1 saturated heterocycles. The van der Waals surface area contributed by atoms with E-state index in [9.17, 15) is 13.2 Å². The molecule has 0 aromatic heterocycles. The van der Waals surface area contributed by atoms with Crippen LogP contribution in [0.4, 0.5) is 5.69 Å². The van der Waals surface area contributed by atoms with Crippen LogP contribution in [0.5, 0.6) is 11.5 Å². The highest BCUT2D eigenvalue weighted by atomic mass is 32.2. The van der Waals surface area contributed by atoms with Crippen molar-refractivity contribution in [2.45, 2.75) is 43.9 Å². The van der Waals surface area contributed by atoms with Crippen LogP contribution in [-0.4, -0.2) is 45.4 Å². The van der Waals surface area contributed by atoms with E-state index in [1.54, 1.807) is 36.4 Å². The van der Waals surface area contributed by atoms with Gasteiger partial charge in [-0.15, -0.1) is 0 Å². The van der Waals surface area contributed by atoms with E-state index >= 15 is 0 Å². The Kier molecular flexibility index (Phi) is 7.92. The Morgan fingerprint density at radius 2 is 1.84 bits per heavy atom. The molecule has 1 N–H and O–H groups in total. The molecule has 1 amide bonds. The van der Waals surface area contributed by atoms with Gasteiger partial charge in [-0.05, 0) is 55.7 Å². The first-order valence-electron chi connectivity index (χ1n) is 10.7. The Hall–Kier alpha value is -2.58. The molecule has 168 valence electrons. The SMILES string of the molecule is CCCCOc1ccc(C(=O)Nc2cccc(S(=O)(=O)N3CCCCC3)c2)cc1OC. The summed E-state index contributed by atoms with van der Waals surface area (Å²) in [6.45, 7) is 3.73. The van der Waals surface area contributed by atoms with E-state index < -0.39 is 10.0 Å². The summed E-state index contributed by atoms with van der Waals surface area (Å²) in [7, 11) is -2.04. The number of hydrogen-bond acceptors (Lipinski definition) is 5. The highest BCUT2D eigenvalue weighted by Gasteiger charge is 2.26. The maximum atomic E-state index is 12.9. The van der Waals surface area contributed by atoms with E-state index in [1.807, 2.05) is 0 Å². The van der Waals surface area contributed by atoms with Crippen LogP contribution in [0.2, 0.25) is 0 Å². The van der Waals surface area contributed by atoms with E-state index in [-0.39, 0.29) is 10.8 Å². The van der Waals surface area contributed by atoms with Crippen LogP contribution in [-0.2, 0) is 10.0 Å². The second-order valence-corrected chi connectivity index (χ2v) is 9.45. The van der Waals surface area contributed by atoms with Gasteiger partial charge in [0.1, 0.15) is 0 Å². The molecule has 1 heterocycles. The molecule has 1 aliphatic rings. The quantitative estimate of drug-likeness (QED) is 0.581. The number of nitrogens with zero attached hydrogens (tertiary/aromatic N) is 1. The van der Waals surface area contributed by atoms with Crippen LogP contribution in [0.3, 0.4) is 0 Å². The molecule has 0 unspecified atom stereocenters. The van der Waals surface area contributed by atoms with Crippen LogP contribution < -0.4 is 14.8 Å². The molecule has 8 heteroatoms. The summed E-state index contributed by atoms with van der Waals surface area (Å²) in [4.78, 5) is 12.9. The summed E-state index contributed by atoms with van der Waals surface area (Å²) < 4.78 is 38.4. The molecule has 2 aromatic carbocycles. The van der Waals surface area contributed by atoms with Crippen molar-refractivity contribution >= 4 is 21.6 Å². The molecule has 0 spiro atoms. The van der Waals surface area contributed by atoms with Crippen LogP contribution in [0.25, 0.3) is 0 Å². The number of carbonyl (C=O) groups excluding carboxylic acids is 1. The lowest BCUT2D eigenvalue weighted by atomic mass is 10.2. The number of benzene rings is 2. The first kappa shape index (κ1) is 23.1. The second kappa shape index (κ2) is 10.6. The van der Waals surface area contributed by atoms with Gasteiger partial charge in [0.25, 0.3) is 5.91 Å². The summed E-state index contributed by atoms with van der Waals surface area (Å²) in [6, 6.07) is 11.4. The van der Waals surface area contributed by atoms with Crippen molar-refractivity contribution in [1.82, 2.24) is 4.31 Å². The van der Waals surface area contributed by atoms with Gasteiger partial charge in [-0.3, -0.25) is 4.79 Å². The van der Waals surface area contributed by atoms with Crippen LogP contribution in [0.1, 0.15) is 49.4 Å². The van der Waals surface area contributed by atoms with Gasteiger partial charge in [-0.25, -0.2) is 8.42 Å². The predicted molar refractivity (Wildman–Crippen MR) is 120 cm³/mol. The summed E-state index contributed by atoms with van der Waals surface area (Å²) in [5, 5.41) is 2.78. The maximum Gasteiger partial charge on any atom is 0.255 e. The zero-order valence-electron chi connectivity index (χ0n) is 18.1. The molecule has 2 aromatic rings. The van der Waals surface area contributed by atoms with Crippen molar-refractivity contribution < 1.29 is 22.7 Å². The summed E-state index contributed by atoms with van der Waals surface area (Å²) in [6.07, 6.45) is 4.75. The lowest BCUT2D eigenvalue weighted by molar-refractivity contribution is 0.102. The molecule has 1 aliphatic heterocycles. The minimum absolute atomic E-state index is 0.185. The molecule has 0 bridgehead atoms. The summed E-state index contributed by atoms with van der Waals surface area (Å²) in [5.74, 6) is 0.707. The van der Waals surface area contributed by atoms with Gasteiger partial charge in [-0.2, -0.15) is 4.31 Å². The first-order valence-corrected chi connectivity index (χ1v) is 12.1. The highest BCUT2D eigenvalue weighted by Crippen LogP contribution is 2.29. The standard InChI is InChI=1S/C23H30N2O5S/c1-3-4-15-30-21-12-11-18(16-22(21)29-2)23(26)24-19-9-8-10-20(17-19)31(27,28)25-13-6-5-7-14-25/h8-12,16-17H,3-7,13-15H2,1-2H3,(H,24,26). The van der Waals surface area contributed by atoms with Crippen molar-refractivity contribution in [2.24, 2.45) is 0 Å². The fraction of sp³-hybridized carbons (Fsp3) is 0.435. The number of ether oxygens (including phenoxy) is 2. The number of unbranched alkanes of at least 4 members (excludes halogenated alkanes) is 1. The first-order chi connectivity index (χ1) is 15.0. The van der Waals surface area contributed by atoms with Gasteiger partial charge >= 0.3 is 0 Å². The molecular weight excluding hydrogens is 416 g/mol. The smallest absolute Gasteiger partial charge is 0.255 e. The normalized spacial score (nSPS) is 14.8. The Balaban J connectivity index is 1.74. The number of amides is 1. The van der Waals surface area contributed by atoms with E-state index in [0.717, 1.165) is 32.1 Å². The van der Waals surface area contributed by atoms with Crippen molar-refractivity contribution in [1.29, 1.82) is 0 Å². The Labute approximate surface area is 184 Å². The third kappa shape index (κ3) is 5.77. The van der Waals surface area contributed by atoms with Gasteiger partial charge in [0, 0.05) is 24.3 Å². The Morgan fingerprint density at radius 3 is 2.55 bits per heavy atom. The van der Waals surface area contributed by atoms with Gasteiger partial charge in [0.15, 0.2) is 11.5 Å². The van der Waals surface area contributed by atoms with Crippen LogP contribution in [0, 0.1) is 0 Å². The van der Waals surface area contributed by atoms with Crippen molar-refractivity contribution in [2.75, 3.05) is 32.1 Å². The number of nitrogens with one attached hydrogen (secondary N) is 1. The number of sulfonamides is 1. The maximum absolute atomic E-state index is 12.9. The van der Waals surface area contributed by atoms with Crippen molar-refractivity contribution in [3.63, 3.8) is 0 Å². The molecular formula is C23H30N2O5S. The molecule has 0 saturated carbocycles. The number of piperidine rings is 1.